The largest absolute Gasteiger partial charge is 0.458 e. The molecular formula is C20H17N3O5S. The summed E-state index contributed by atoms with van der Waals surface area (Å²) in [6.45, 7) is 1.53. The van der Waals surface area contributed by atoms with E-state index >= 15 is 0 Å². The smallest absolute Gasteiger partial charge is 0.332 e. The fraction of sp³-hybridized carbons (Fsp3) is 0.200. The number of thiophene rings is 1. The number of aromatic nitrogens is 3. The van der Waals surface area contributed by atoms with Gasteiger partial charge >= 0.3 is 11.7 Å². The average molecular weight is 411 g/mol. The van der Waals surface area contributed by atoms with Gasteiger partial charge in [-0.15, -0.1) is 11.3 Å². The van der Waals surface area contributed by atoms with Gasteiger partial charge in [0.15, 0.2) is 0 Å². The van der Waals surface area contributed by atoms with Crippen LogP contribution in [0.5, 0.6) is 0 Å². The lowest BCUT2D eigenvalue weighted by Crippen LogP contribution is -2.40. The molecule has 0 unspecified atom stereocenters. The van der Waals surface area contributed by atoms with E-state index in [9.17, 15) is 14.4 Å². The van der Waals surface area contributed by atoms with Gasteiger partial charge in [-0.05, 0) is 30.5 Å². The number of esters is 1. The molecule has 0 atom stereocenters. The maximum absolute atomic E-state index is 12.7. The highest BCUT2D eigenvalue weighted by atomic mass is 32.1. The van der Waals surface area contributed by atoms with Crippen molar-refractivity contribution < 1.29 is 13.9 Å². The summed E-state index contributed by atoms with van der Waals surface area (Å²) in [6.07, 6.45) is 1.43. The molecule has 148 valence electrons. The molecule has 0 radical (unpaired) electrons. The zero-order chi connectivity index (χ0) is 20.4. The van der Waals surface area contributed by atoms with Crippen molar-refractivity contribution in [3.8, 4) is 10.8 Å². The minimum Gasteiger partial charge on any atom is -0.458 e. The van der Waals surface area contributed by atoms with E-state index in [0.717, 1.165) is 9.44 Å². The Labute approximate surface area is 168 Å². The molecule has 0 amide bonds. The number of nitrogens with zero attached hydrogens (tertiary/aromatic N) is 3. The molecule has 4 rings (SSSR count). The normalized spacial score (nSPS) is 11.1. The molecule has 9 heteroatoms. The van der Waals surface area contributed by atoms with Crippen LogP contribution in [0.15, 0.2) is 62.0 Å². The van der Waals surface area contributed by atoms with E-state index in [2.05, 4.69) is 4.98 Å². The third kappa shape index (κ3) is 3.64. The summed E-state index contributed by atoms with van der Waals surface area (Å²) in [5, 5.41) is 2.29. The Hall–Kier alpha value is -3.46. The van der Waals surface area contributed by atoms with E-state index in [1.165, 1.54) is 22.2 Å². The second-order valence-electron chi connectivity index (χ2n) is 6.22. The average Bonchev–Trinajstić information content (AvgIpc) is 3.42. The number of benzene rings is 1. The number of rotatable bonds is 6. The van der Waals surface area contributed by atoms with Crippen LogP contribution in [0.3, 0.4) is 0 Å². The SMILES string of the molecule is CCn1c(=O)c2ccccc2n(CC(=O)OCc2coc(-c3cccs3)n2)c1=O. The zero-order valence-electron chi connectivity index (χ0n) is 15.5. The van der Waals surface area contributed by atoms with Gasteiger partial charge in [-0.1, -0.05) is 18.2 Å². The molecule has 3 aromatic heterocycles. The highest BCUT2D eigenvalue weighted by Crippen LogP contribution is 2.23. The van der Waals surface area contributed by atoms with E-state index < -0.39 is 11.7 Å². The molecule has 4 aromatic rings. The Balaban J connectivity index is 1.54. The fourth-order valence-electron chi connectivity index (χ4n) is 3.02. The van der Waals surface area contributed by atoms with E-state index in [-0.39, 0.29) is 25.3 Å². The molecule has 1 aromatic carbocycles. The second kappa shape index (κ2) is 7.88. The van der Waals surface area contributed by atoms with Crippen molar-refractivity contribution in [3.05, 3.63) is 74.6 Å². The van der Waals surface area contributed by atoms with Gasteiger partial charge in [0, 0.05) is 6.54 Å². The first-order valence-electron chi connectivity index (χ1n) is 8.94. The summed E-state index contributed by atoms with van der Waals surface area (Å²) in [5.74, 6) is -0.150. The standard InChI is InChI=1S/C20H17N3O5S/c1-2-22-19(25)14-6-3-4-7-15(14)23(20(22)26)10-17(24)27-11-13-12-28-18(21-13)16-8-5-9-29-16/h3-9,12H,2,10-11H2,1H3. The molecule has 0 N–H and O–H groups in total. The molecule has 0 saturated heterocycles. The van der Waals surface area contributed by atoms with Crippen molar-refractivity contribution in [1.82, 2.24) is 14.1 Å². The Morgan fingerprint density at radius 3 is 2.76 bits per heavy atom. The van der Waals surface area contributed by atoms with Crippen molar-refractivity contribution in [2.24, 2.45) is 0 Å². The van der Waals surface area contributed by atoms with Crippen molar-refractivity contribution in [2.75, 3.05) is 0 Å². The first-order valence-corrected chi connectivity index (χ1v) is 9.82. The molecule has 29 heavy (non-hydrogen) atoms. The summed E-state index contributed by atoms with van der Waals surface area (Å²) in [5.41, 5.74) is -0.0564. The molecule has 0 spiro atoms. The summed E-state index contributed by atoms with van der Waals surface area (Å²) in [7, 11) is 0. The van der Waals surface area contributed by atoms with Crippen LogP contribution in [0.4, 0.5) is 0 Å². The molecule has 8 nitrogen and oxygen atoms in total. The van der Waals surface area contributed by atoms with Gasteiger partial charge in [-0.2, -0.15) is 0 Å². The fourth-order valence-corrected chi connectivity index (χ4v) is 3.67. The first-order chi connectivity index (χ1) is 14.1. The van der Waals surface area contributed by atoms with Crippen molar-refractivity contribution in [3.63, 3.8) is 0 Å². The summed E-state index contributed by atoms with van der Waals surface area (Å²) in [4.78, 5) is 42.7. The maximum Gasteiger partial charge on any atom is 0.332 e. The van der Waals surface area contributed by atoms with Gasteiger partial charge < -0.3 is 9.15 Å². The second-order valence-corrected chi connectivity index (χ2v) is 7.16. The number of para-hydroxylation sites is 1. The van der Waals surface area contributed by atoms with E-state index in [0.29, 0.717) is 22.5 Å². The van der Waals surface area contributed by atoms with Crippen molar-refractivity contribution in [1.29, 1.82) is 0 Å². The number of fused-ring (bicyclic) bond motifs is 1. The lowest BCUT2D eigenvalue weighted by atomic mass is 10.2. The van der Waals surface area contributed by atoms with Crippen LogP contribution in [0.25, 0.3) is 21.7 Å². The highest BCUT2D eigenvalue weighted by molar-refractivity contribution is 7.13. The van der Waals surface area contributed by atoms with E-state index in [4.69, 9.17) is 9.15 Å². The number of oxazole rings is 1. The highest BCUT2D eigenvalue weighted by Gasteiger charge is 2.16. The predicted octanol–water partition coefficient (Wildman–Crippen LogP) is 2.64. The maximum atomic E-state index is 12.7. The number of hydrogen-bond acceptors (Lipinski definition) is 7. The molecule has 0 saturated carbocycles. The summed E-state index contributed by atoms with van der Waals surface area (Å²) in [6, 6.07) is 10.5. The Morgan fingerprint density at radius 2 is 2.00 bits per heavy atom. The number of hydrogen-bond donors (Lipinski definition) is 0. The molecular weight excluding hydrogens is 394 g/mol. The third-order valence-electron chi connectivity index (χ3n) is 4.40. The van der Waals surface area contributed by atoms with Gasteiger partial charge in [-0.3, -0.25) is 18.7 Å². The van der Waals surface area contributed by atoms with Crippen LogP contribution >= 0.6 is 11.3 Å². The van der Waals surface area contributed by atoms with Crippen LogP contribution in [-0.2, 0) is 29.2 Å². The van der Waals surface area contributed by atoms with Gasteiger partial charge in [0.05, 0.1) is 15.8 Å². The predicted molar refractivity (Wildman–Crippen MR) is 108 cm³/mol. The van der Waals surface area contributed by atoms with E-state index in [1.54, 1.807) is 31.2 Å². The lowest BCUT2D eigenvalue weighted by Gasteiger charge is -2.12. The van der Waals surface area contributed by atoms with Gasteiger partial charge in [0.1, 0.15) is 25.1 Å². The number of carbonyl (C=O) groups excluding carboxylic acids is 1. The third-order valence-corrected chi connectivity index (χ3v) is 5.26. The zero-order valence-corrected chi connectivity index (χ0v) is 16.3. The van der Waals surface area contributed by atoms with Crippen molar-refractivity contribution in [2.45, 2.75) is 26.6 Å². The molecule has 0 bridgehead atoms. The first kappa shape index (κ1) is 18.9. The monoisotopic (exact) mass is 411 g/mol. The topological polar surface area (TPSA) is 96.3 Å². The van der Waals surface area contributed by atoms with Gasteiger partial charge in [0.2, 0.25) is 5.89 Å². The van der Waals surface area contributed by atoms with Crippen molar-refractivity contribution >= 4 is 28.2 Å². The minimum atomic E-state index is -0.612. The number of carbonyl (C=O) groups is 1. The minimum absolute atomic E-state index is 0.0756. The molecule has 0 aliphatic carbocycles. The van der Waals surface area contributed by atoms with Crippen LogP contribution in [0.1, 0.15) is 12.6 Å². The molecule has 0 fully saturated rings. The Bertz CT molecular complexity index is 1280. The Morgan fingerprint density at radius 1 is 1.17 bits per heavy atom. The lowest BCUT2D eigenvalue weighted by molar-refractivity contribution is -0.145. The van der Waals surface area contributed by atoms with Gasteiger partial charge in [0.25, 0.3) is 5.56 Å². The van der Waals surface area contributed by atoms with Crippen LogP contribution in [-0.4, -0.2) is 20.1 Å². The Kier molecular flexibility index (Phi) is 5.13. The van der Waals surface area contributed by atoms with Gasteiger partial charge in [-0.25, -0.2) is 9.78 Å². The van der Waals surface area contributed by atoms with Crippen LogP contribution in [0, 0.1) is 0 Å². The van der Waals surface area contributed by atoms with E-state index in [1.807, 2.05) is 17.5 Å². The molecule has 3 heterocycles. The van der Waals surface area contributed by atoms with Crippen LogP contribution in [0.2, 0.25) is 0 Å². The van der Waals surface area contributed by atoms with Crippen LogP contribution < -0.4 is 11.2 Å². The summed E-state index contributed by atoms with van der Waals surface area (Å²) < 4.78 is 13.0. The molecule has 0 aliphatic rings. The molecule has 0 aliphatic heterocycles. The number of ether oxygens (including phenoxy) is 1. The summed E-state index contributed by atoms with van der Waals surface area (Å²) >= 11 is 1.49. The quantitative estimate of drug-likeness (QED) is 0.453.